The summed E-state index contributed by atoms with van der Waals surface area (Å²) in [6, 6.07) is 0. The van der Waals surface area contributed by atoms with Crippen molar-refractivity contribution < 1.29 is 14.3 Å². The van der Waals surface area contributed by atoms with Gasteiger partial charge in [0, 0.05) is 19.1 Å². The standard InChI is InChI=1S/C12H22O3/c1-5-6-7-8-9-11(14-4)15-12(13)10(2)3/h11H,2,5-9H2,1,3-4H3. The van der Waals surface area contributed by atoms with E-state index in [2.05, 4.69) is 13.5 Å². The van der Waals surface area contributed by atoms with Gasteiger partial charge in [-0.1, -0.05) is 32.8 Å². The molecular weight excluding hydrogens is 192 g/mol. The molecule has 0 bridgehead atoms. The van der Waals surface area contributed by atoms with Gasteiger partial charge < -0.3 is 9.47 Å². The summed E-state index contributed by atoms with van der Waals surface area (Å²) in [6.07, 6.45) is 4.92. The summed E-state index contributed by atoms with van der Waals surface area (Å²) < 4.78 is 10.1. The number of hydrogen-bond acceptors (Lipinski definition) is 3. The van der Waals surface area contributed by atoms with Gasteiger partial charge in [-0.2, -0.15) is 0 Å². The lowest BCUT2D eigenvalue weighted by Gasteiger charge is -2.15. The molecule has 0 aromatic carbocycles. The summed E-state index contributed by atoms with van der Waals surface area (Å²) in [5, 5.41) is 0. The molecule has 0 saturated heterocycles. The number of carbonyl (C=O) groups excluding carboxylic acids is 1. The van der Waals surface area contributed by atoms with Crippen LogP contribution in [0.2, 0.25) is 0 Å². The lowest BCUT2D eigenvalue weighted by atomic mass is 10.1. The fourth-order valence-electron chi connectivity index (χ4n) is 1.18. The van der Waals surface area contributed by atoms with Crippen molar-refractivity contribution >= 4 is 5.97 Å². The molecule has 1 atom stereocenters. The molecule has 15 heavy (non-hydrogen) atoms. The highest BCUT2D eigenvalue weighted by molar-refractivity contribution is 5.86. The minimum absolute atomic E-state index is 0.377. The van der Waals surface area contributed by atoms with Crippen LogP contribution in [0.1, 0.15) is 46.0 Å². The number of hydrogen-bond donors (Lipinski definition) is 0. The molecule has 0 spiro atoms. The third kappa shape index (κ3) is 7.14. The first kappa shape index (κ1) is 14.2. The maximum absolute atomic E-state index is 11.2. The molecule has 88 valence electrons. The van der Waals surface area contributed by atoms with Crippen LogP contribution in [0.4, 0.5) is 0 Å². The second-order valence-corrected chi connectivity index (χ2v) is 3.70. The van der Waals surface area contributed by atoms with E-state index >= 15 is 0 Å². The average molecular weight is 214 g/mol. The Hall–Kier alpha value is -0.830. The summed E-state index contributed by atoms with van der Waals surface area (Å²) in [5.41, 5.74) is 0.408. The Balaban J connectivity index is 3.73. The number of rotatable bonds is 8. The van der Waals surface area contributed by atoms with Gasteiger partial charge in [0.2, 0.25) is 6.29 Å². The quantitative estimate of drug-likeness (QED) is 0.269. The van der Waals surface area contributed by atoms with Crippen LogP contribution in [0.15, 0.2) is 12.2 Å². The molecule has 0 aliphatic rings. The van der Waals surface area contributed by atoms with Crippen LogP contribution in [0.25, 0.3) is 0 Å². The van der Waals surface area contributed by atoms with Crippen molar-refractivity contribution in [3.63, 3.8) is 0 Å². The molecule has 1 unspecified atom stereocenters. The maximum Gasteiger partial charge on any atom is 0.335 e. The molecule has 0 saturated carbocycles. The van der Waals surface area contributed by atoms with E-state index in [1.807, 2.05) is 0 Å². The second-order valence-electron chi connectivity index (χ2n) is 3.70. The molecule has 0 N–H and O–H groups in total. The van der Waals surface area contributed by atoms with Gasteiger partial charge in [0.05, 0.1) is 0 Å². The van der Waals surface area contributed by atoms with Crippen LogP contribution in [0.3, 0.4) is 0 Å². The predicted octanol–water partition coefficient (Wildman–Crippen LogP) is 3.05. The lowest BCUT2D eigenvalue weighted by Crippen LogP contribution is -2.20. The SMILES string of the molecule is C=C(C)C(=O)OC(CCCCCC)OC. The Morgan fingerprint density at radius 3 is 2.47 bits per heavy atom. The molecule has 0 aliphatic carbocycles. The Kier molecular flexibility index (Phi) is 8.01. The van der Waals surface area contributed by atoms with Crippen molar-refractivity contribution in [2.75, 3.05) is 7.11 Å². The van der Waals surface area contributed by atoms with Crippen molar-refractivity contribution in [3.8, 4) is 0 Å². The number of esters is 1. The molecule has 0 aliphatic heterocycles. The van der Waals surface area contributed by atoms with Crippen LogP contribution < -0.4 is 0 Å². The van der Waals surface area contributed by atoms with Gasteiger partial charge in [0.25, 0.3) is 0 Å². The van der Waals surface area contributed by atoms with E-state index in [4.69, 9.17) is 9.47 Å². The normalized spacial score (nSPS) is 12.2. The van der Waals surface area contributed by atoms with Crippen LogP contribution in [-0.4, -0.2) is 19.4 Å². The first-order valence-electron chi connectivity index (χ1n) is 5.51. The van der Waals surface area contributed by atoms with Gasteiger partial charge in [-0.15, -0.1) is 0 Å². The monoisotopic (exact) mass is 214 g/mol. The van der Waals surface area contributed by atoms with Crippen molar-refractivity contribution in [3.05, 3.63) is 12.2 Å². The molecule has 3 heteroatoms. The lowest BCUT2D eigenvalue weighted by molar-refractivity contribution is -0.169. The van der Waals surface area contributed by atoms with E-state index in [0.717, 1.165) is 19.3 Å². The van der Waals surface area contributed by atoms with E-state index in [0.29, 0.717) is 5.57 Å². The van der Waals surface area contributed by atoms with Crippen LogP contribution in [0, 0.1) is 0 Å². The van der Waals surface area contributed by atoms with Gasteiger partial charge in [-0.25, -0.2) is 4.79 Å². The minimum atomic E-state index is -0.425. The molecule has 3 nitrogen and oxygen atoms in total. The van der Waals surface area contributed by atoms with Crippen molar-refractivity contribution in [1.29, 1.82) is 0 Å². The van der Waals surface area contributed by atoms with E-state index in [-0.39, 0.29) is 5.97 Å². The van der Waals surface area contributed by atoms with Crippen LogP contribution in [-0.2, 0) is 14.3 Å². The molecule has 0 aromatic rings. The topological polar surface area (TPSA) is 35.5 Å². The second kappa shape index (κ2) is 8.48. The smallest absolute Gasteiger partial charge is 0.335 e. The summed E-state index contributed by atoms with van der Waals surface area (Å²) >= 11 is 0. The Bertz CT molecular complexity index is 199. The third-order valence-corrected chi connectivity index (χ3v) is 2.14. The van der Waals surface area contributed by atoms with Crippen LogP contribution >= 0.6 is 0 Å². The molecule has 0 heterocycles. The zero-order valence-electron chi connectivity index (χ0n) is 10.0. The van der Waals surface area contributed by atoms with E-state index in [1.165, 1.54) is 12.8 Å². The highest BCUT2D eigenvalue weighted by Crippen LogP contribution is 2.10. The van der Waals surface area contributed by atoms with Crippen molar-refractivity contribution in [2.45, 2.75) is 52.2 Å². The van der Waals surface area contributed by atoms with Gasteiger partial charge in [0.1, 0.15) is 0 Å². The van der Waals surface area contributed by atoms with E-state index < -0.39 is 6.29 Å². The third-order valence-electron chi connectivity index (χ3n) is 2.14. The summed E-state index contributed by atoms with van der Waals surface area (Å²) in [5.74, 6) is -0.377. The number of unbranched alkanes of at least 4 members (excludes halogenated alkanes) is 3. The molecule has 0 fully saturated rings. The molecule has 0 radical (unpaired) electrons. The first-order valence-corrected chi connectivity index (χ1v) is 5.51. The molecule has 0 amide bonds. The molecular formula is C12H22O3. The van der Waals surface area contributed by atoms with E-state index in [9.17, 15) is 4.79 Å². The van der Waals surface area contributed by atoms with Gasteiger partial charge in [0.15, 0.2) is 0 Å². The van der Waals surface area contributed by atoms with Crippen molar-refractivity contribution in [1.82, 2.24) is 0 Å². The summed E-state index contributed by atoms with van der Waals surface area (Å²) in [7, 11) is 1.55. The van der Waals surface area contributed by atoms with Crippen LogP contribution in [0.5, 0.6) is 0 Å². The Labute approximate surface area is 92.5 Å². The van der Waals surface area contributed by atoms with Gasteiger partial charge in [-0.3, -0.25) is 0 Å². The largest absolute Gasteiger partial charge is 0.432 e. The zero-order valence-corrected chi connectivity index (χ0v) is 10.0. The number of carbonyl (C=O) groups is 1. The average Bonchev–Trinajstić information content (AvgIpc) is 2.22. The highest BCUT2D eigenvalue weighted by atomic mass is 16.7. The molecule has 0 aromatic heterocycles. The maximum atomic E-state index is 11.2. The van der Waals surface area contributed by atoms with Gasteiger partial charge >= 0.3 is 5.97 Å². The number of ether oxygens (including phenoxy) is 2. The summed E-state index contributed by atoms with van der Waals surface area (Å²) in [6.45, 7) is 7.31. The highest BCUT2D eigenvalue weighted by Gasteiger charge is 2.13. The fraction of sp³-hybridized carbons (Fsp3) is 0.750. The Morgan fingerprint density at radius 1 is 1.33 bits per heavy atom. The molecule has 0 rings (SSSR count). The zero-order chi connectivity index (χ0) is 11.7. The summed E-state index contributed by atoms with van der Waals surface area (Å²) in [4.78, 5) is 11.2. The predicted molar refractivity (Wildman–Crippen MR) is 60.5 cm³/mol. The Morgan fingerprint density at radius 2 is 2.00 bits per heavy atom. The minimum Gasteiger partial charge on any atom is -0.432 e. The van der Waals surface area contributed by atoms with Crippen molar-refractivity contribution in [2.24, 2.45) is 0 Å². The fourth-order valence-corrected chi connectivity index (χ4v) is 1.18. The van der Waals surface area contributed by atoms with E-state index in [1.54, 1.807) is 14.0 Å². The first-order chi connectivity index (χ1) is 7.11. The van der Waals surface area contributed by atoms with Gasteiger partial charge in [-0.05, 0) is 13.3 Å². The number of methoxy groups -OCH3 is 1.